The minimum atomic E-state index is -1.47. The minimum absolute atomic E-state index is 0.0180. The molecule has 0 fully saturated rings. The maximum Gasteiger partial charge on any atom is 0.328 e. The van der Waals surface area contributed by atoms with Gasteiger partial charge in [-0.25, -0.2) is 4.79 Å². The van der Waals surface area contributed by atoms with Gasteiger partial charge in [-0.15, -0.1) is 0 Å². The van der Waals surface area contributed by atoms with Gasteiger partial charge in [0, 0.05) is 0 Å². The lowest BCUT2D eigenvalue weighted by Crippen LogP contribution is -2.59. The van der Waals surface area contributed by atoms with E-state index in [0.717, 1.165) is 0 Å². The molecular formula is C20H38N4O6. The number of aliphatic hydroxyl groups is 1. The van der Waals surface area contributed by atoms with E-state index in [9.17, 15) is 19.2 Å². The summed E-state index contributed by atoms with van der Waals surface area (Å²) in [5, 5.41) is 25.7. The number of carboxylic acid groups (broad SMARTS) is 1. The van der Waals surface area contributed by atoms with E-state index in [2.05, 4.69) is 16.0 Å². The number of nitrogens with two attached hydrogens (primary N) is 1. The van der Waals surface area contributed by atoms with Gasteiger partial charge in [0.25, 0.3) is 0 Å². The maximum atomic E-state index is 12.9. The zero-order chi connectivity index (χ0) is 23.6. The molecule has 0 heterocycles. The van der Waals surface area contributed by atoms with Crippen LogP contribution in [0.25, 0.3) is 0 Å². The lowest BCUT2D eigenvalue weighted by atomic mass is 9.95. The monoisotopic (exact) mass is 430 g/mol. The van der Waals surface area contributed by atoms with Crippen LogP contribution in [0.2, 0.25) is 0 Å². The number of hydrogen-bond donors (Lipinski definition) is 6. The zero-order valence-electron chi connectivity index (χ0n) is 18.8. The highest BCUT2D eigenvalue weighted by molar-refractivity contribution is 5.94. The molecule has 5 unspecified atom stereocenters. The summed E-state index contributed by atoms with van der Waals surface area (Å²) < 4.78 is 0. The average Bonchev–Trinajstić information content (AvgIpc) is 2.66. The van der Waals surface area contributed by atoms with E-state index in [-0.39, 0.29) is 24.2 Å². The van der Waals surface area contributed by atoms with Gasteiger partial charge in [0.2, 0.25) is 17.7 Å². The van der Waals surface area contributed by atoms with Crippen LogP contribution in [0.15, 0.2) is 0 Å². The fraction of sp³-hybridized carbons (Fsp3) is 0.800. The van der Waals surface area contributed by atoms with Crippen molar-refractivity contribution in [2.75, 3.05) is 6.61 Å². The third kappa shape index (κ3) is 9.08. The molecule has 0 aliphatic heterocycles. The van der Waals surface area contributed by atoms with Crippen molar-refractivity contribution in [1.29, 1.82) is 0 Å². The second kappa shape index (κ2) is 13.2. The van der Waals surface area contributed by atoms with E-state index in [1.165, 1.54) is 0 Å². The summed E-state index contributed by atoms with van der Waals surface area (Å²) in [5.74, 6) is -3.42. The fourth-order valence-electron chi connectivity index (χ4n) is 2.68. The number of carbonyl (C=O) groups excluding carboxylic acids is 3. The Hall–Kier alpha value is -2.20. The Morgan fingerprint density at radius 2 is 1.40 bits per heavy atom. The Morgan fingerprint density at radius 1 is 0.867 bits per heavy atom. The number of hydrogen-bond acceptors (Lipinski definition) is 6. The number of carbonyl (C=O) groups is 4. The van der Waals surface area contributed by atoms with Crippen LogP contribution < -0.4 is 21.7 Å². The second-order valence-corrected chi connectivity index (χ2v) is 8.41. The van der Waals surface area contributed by atoms with Gasteiger partial charge in [0.05, 0.1) is 12.6 Å². The summed E-state index contributed by atoms with van der Waals surface area (Å²) in [4.78, 5) is 49.0. The molecule has 0 aliphatic carbocycles. The standard InChI is InChI=1S/C20H38N4O6/c1-7-12(6)16(24-18(27)15(21)11(4)5)19(28)22-13(8-10(2)3)17(26)23-14(9-25)20(29)30/h10-16,25H,7-9,21H2,1-6H3,(H,22,28)(H,23,26)(H,24,27)(H,29,30). The predicted octanol–water partition coefficient (Wildman–Crippen LogP) is -0.407. The van der Waals surface area contributed by atoms with Crippen LogP contribution in [0.5, 0.6) is 0 Å². The Balaban J connectivity index is 5.49. The fourth-order valence-corrected chi connectivity index (χ4v) is 2.68. The largest absolute Gasteiger partial charge is 0.480 e. The first-order valence-corrected chi connectivity index (χ1v) is 10.4. The van der Waals surface area contributed by atoms with Crippen molar-refractivity contribution in [3.8, 4) is 0 Å². The van der Waals surface area contributed by atoms with Gasteiger partial charge in [-0.05, 0) is 24.2 Å². The third-order valence-corrected chi connectivity index (χ3v) is 4.95. The van der Waals surface area contributed by atoms with E-state index in [0.29, 0.717) is 6.42 Å². The summed E-state index contributed by atoms with van der Waals surface area (Å²) in [7, 11) is 0. The van der Waals surface area contributed by atoms with Crippen LogP contribution in [0.1, 0.15) is 54.4 Å². The van der Waals surface area contributed by atoms with Gasteiger partial charge in [0.1, 0.15) is 18.1 Å². The number of nitrogens with one attached hydrogen (secondary N) is 3. The topological polar surface area (TPSA) is 171 Å². The summed E-state index contributed by atoms with van der Waals surface area (Å²) in [6.07, 6.45) is 0.851. The summed E-state index contributed by atoms with van der Waals surface area (Å²) >= 11 is 0. The van der Waals surface area contributed by atoms with Crippen LogP contribution in [0, 0.1) is 17.8 Å². The van der Waals surface area contributed by atoms with E-state index in [1.807, 2.05) is 20.8 Å². The zero-order valence-corrected chi connectivity index (χ0v) is 18.8. The van der Waals surface area contributed by atoms with Crippen molar-refractivity contribution in [2.45, 2.75) is 78.6 Å². The number of carboxylic acids is 1. The second-order valence-electron chi connectivity index (χ2n) is 8.41. The van der Waals surface area contributed by atoms with Crippen molar-refractivity contribution in [3.63, 3.8) is 0 Å². The smallest absolute Gasteiger partial charge is 0.328 e. The third-order valence-electron chi connectivity index (χ3n) is 4.95. The molecule has 0 aromatic rings. The molecule has 0 aliphatic rings. The molecule has 0 bridgehead atoms. The molecule has 0 spiro atoms. The van der Waals surface area contributed by atoms with Gasteiger partial charge < -0.3 is 31.9 Å². The van der Waals surface area contributed by atoms with E-state index >= 15 is 0 Å². The Morgan fingerprint density at radius 3 is 1.80 bits per heavy atom. The Kier molecular flexibility index (Phi) is 12.2. The molecule has 30 heavy (non-hydrogen) atoms. The molecular weight excluding hydrogens is 392 g/mol. The van der Waals surface area contributed by atoms with Gasteiger partial charge >= 0.3 is 5.97 Å². The highest BCUT2D eigenvalue weighted by Crippen LogP contribution is 2.12. The number of aliphatic hydroxyl groups excluding tert-OH is 1. The first-order valence-electron chi connectivity index (χ1n) is 10.4. The lowest BCUT2D eigenvalue weighted by Gasteiger charge is -2.29. The van der Waals surface area contributed by atoms with Crippen LogP contribution in [0.4, 0.5) is 0 Å². The van der Waals surface area contributed by atoms with Gasteiger partial charge in [-0.2, -0.15) is 0 Å². The highest BCUT2D eigenvalue weighted by atomic mass is 16.4. The van der Waals surface area contributed by atoms with Crippen molar-refractivity contribution < 1.29 is 29.4 Å². The maximum absolute atomic E-state index is 12.9. The molecule has 10 heteroatoms. The van der Waals surface area contributed by atoms with Gasteiger partial charge in [0.15, 0.2) is 0 Å². The SMILES string of the molecule is CCC(C)C(NC(=O)C(N)C(C)C)C(=O)NC(CC(C)C)C(=O)NC(CO)C(=O)O. The average molecular weight is 431 g/mol. The van der Waals surface area contributed by atoms with Crippen LogP contribution >= 0.6 is 0 Å². The molecule has 0 rings (SSSR count). The van der Waals surface area contributed by atoms with E-state index in [1.54, 1.807) is 20.8 Å². The molecule has 0 saturated heterocycles. The minimum Gasteiger partial charge on any atom is -0.480 e. The van der Waals surface area contributed by atoms with Crippen molar-refractivity contribution in [3.05, 3.63) is 0 Å². The van der Waals surface area contributed by atoms with Gasteiger partial charge in [-0.1, -0.05) is 48.0 Å². The van der Waals surface area contributed by atoms with Crippen LogP contribution in [-0.2, 0) is 19.2 Å². The molecule has 174 valence electrons. The quantitative estimate of drug-likeness (QED) is 0.231. The van der Waals surface area contributed by atoms with E-state index < -0.39 is 54.5 Å². The van der Waals surface area contributed by atoms with Crippen molar-refractivity contribution >= 4 is 23.7 Å². The summed E-state index contributed by atoms with van der Waals surface area (Å²) in [5.41, 5.74) is 5.88. The van der Waals surface area contributed by atoms with Crippen molar-refractivity contribution in [1.82, 2.24) is 16.0 Å². The first-order chi connectivity index (χ1) is 13.8. The summed E-state index contributed by atoms with van der Waals surface area (Å²) in [6, 6.07) is -4.17. The lowest BCUT2D eigenvalue weighted by molar-refractivity contribution is -0.143. The van der Waals surface area contributed by atoms with Crippen LogP contribution in [0.3, 0.4) is 0 Å². The van der Waals surface area contributed by atoms with Crippen molar-refractivity contribution in [2.24, 2.45) is 23.5 Å². The Bertz CT molecular complexity index is 596. The molecule has 3 amide bonds. The van der Waals surface area contributed by atoms with Crippen LogP contribution in [-0.4, -0.2) is 64.7 Å². The molecule has 5 atom stereocenters. The van der Waals surface area contributed by atoms with Gasteiger partial charge in [-0.3, -0.25) is 14.4 Å². The highest BCUT2D eigenvalue weighted by Gasteiger charge is 2.33. The number of amides is 3. The number of rotatable bonds is 13. The molecule has 0 aromatic heterocycles. The van der Waals surface area contributed by atoms with E-state index in [4.69, 9.17) is 15.9 Å². The Labute approximate surface area is 178 Å². The molecule has 7 N–H and O–H groups in total. The normalized spacial score (nSPS) is 16.3. The molecule has 0 saturated carbocycles. The molecule has 10 nitrogen and oxygen atoms in total. The molecule has 0 aromatic carbocycles. The summed E-state index contributed by atoms with van der Waals surface area (Å²) in [6.45, 7) is 10.2. The number of aliphatic carboxylic acids is 1. The first kappa shape index (κ1) is 27.8. The molecule has 0 radical (unpaired) electrons. The predicted molar refractivity (Wildman–Crippen MR) is 112 cm³/mol.